The number of aromatic carboxylic acids is 1. The highest BCUT2D eigenvalue weighted by atomic mass is 79.9. The molecule has 1 aromatic heterocycles. The average molecular weight is 361 g/mol. The lowest BCUT2D eigenvalue weighted by Crippen LogP contribution is -2.10. The number of carboxylic acids is 1. The highest BCUT2D eigenvalue weighted by Crippen LogP contribution is 2.24. The molecular formula is C12H7BrClNO3S. The number of thiophene rings is 1. The van der Waals surface area contributed by atoms with Gasteiger partial charge in [-0.2, -0.15) is 0 Å². The molecule has 0 aliphatic carbocycles. The van der Waals surface area contributed by atoms with Crippen LogP contribution in [0.3, 0.4) is 0 Å². The van der Waals surface area contributed by atoms with Gasteiger partial charge in [0.1, 0.15) is 0 Å². The normalized spacial score (nSPS) is 10.2. The number of amides is 1. The molecule has 1 aromatic carbocycles. The molecule has 19 heavy (non-hydrogen) atoms. The number of rotatable bonds is 3. The van der Waals surface area contributed by atoms with Crippen molar-refractivity contribution in [2.45, 2.75) is 0 Å². The van der Waals surface area contributed by atoms with Gasteiger partial charge in [0.05, 0.1) is 14.8 Å². The summed E-state index contributed by atoms with van der Waals surface area (Å²) in [5.41, 5.74) is 0.496. The van der Waals surface area contributed by atoms with E-state index in [-0.39, 0.29) is 11.5 Å². The van der Waals surface area contributed by atoms with Crippen LogP contribution in [0.5, 0.6) is 0 Å². The van der Waals surface area contributed by atoms with E-state index < -0.39 is 5.97 Å². The van der Waals surface area contributed by atoms with Crippen LogP contribution in [-0.4, -0.2) is 17.0 Å². The molecule has 0 saturated carbocycles. The smallest absolute Gasteiger partial charge is 0.335 e. The zero-order chi connectivity index (χ0) is 14.0. The van der Waals surface area contributed by atoms with E-state index in [9.17, 15) is 9.59 Å². The molecule has 0 aliphatic heterocycles. The van der Waals surface area contributed by atoms with Gasteiger partial charge in [0.2, 0.25) is 0 Å². The van der Waals surface area contributed by atoms with Crippen LogP contribution in [0.2, 0.25) is 4.34 Å². The SMILES string of the molecule is O=C(O)c1cc(Br)cc(NC(=O)c2ccc(Cl)s2)c1. The Balaban J connectivity index is 2.23. The summed E-state index contributed by atoms with van der Waals surface area (Å²) in [4.78, 5) is 23.3. The van der Waals surface area contributed by atoms with Gasteiger partial charge in [-0.05, 0) is 30.3 Å². The third kappa shape index (κ3) is 3.56. The molecule has 0 atom stereocenters. The standard InChI is InChI=1S/C12H7BrClNO3S/c13-7-3-6(12(17)18)4-8(5-7)15-11(16)9-1-2-10(14)19-9/h1-5H,(H,15,16)(H,17,18). The van der Waals surface area contributed by atoms with Crippen LogP contribution in [0.25, 0.3) is 0 Å². The van der Waals surface area contributed by atoms with Crippen molar-refractivity contribution in [3.63, 3.8) is 0 Å². The molecule has 0 saturated heterocycles. The summed E-state index contributed by atoms with van der Waals surface area (Å²) < 4.78 is 1.09. The fraction of sp³-hybridized carbons (Fsp3) is 0. The predicted molar refractivity (Wildman–Crippen MR) is 78.4 cm³/mol. The second-order valence-electron chi connectivity index (χ2n) is 3.59. The molecule has 0 bridgehead atoms. The summed E-state index contributed by atoms with van der Waals surface area (Å²) in [5, 5.41) is 11.6. The van der Waals surface area contributed by atoms with E-state index in [2.05, 4.69) is 21.2 Å². The molecule has 2 rings (SSSR count). The Morgan fingerprint density at radius 1 is 1.26 bits per heavy atom. The van der Waals surface area contributed by atoms with Gasteiger partial charge in [0, 0.05) is 10.2 Å². The Morgan fingerprint density at radius 2 is 2.00 bits per heavy atom. The maximum atomic E-state index is 11.9. The molecule has 1 amide bonds. The minimum atomic E-state index is -1.06. The molecule has 7 heteroatoms. The van der Waals surface area contributed by atoms with E-state index in [1.54, 1.807) is 18.2 Å². The number of carbonyl (C=O) groups is 2. The van der Waals surface area contributed by atoms with Gasteiger partial charge >= 0.3 is 5.97 Å². The Labute approximate surface area is 126 Å². The Kier molecular flexibility index (Phi) is 4.24. The number of benzene rings is 1. The van der Waals surface area contributed by atoms with Crippen LogP contribution in [-0.2, 0) is 0 Å². The van der Waals surface area contributed by atoms with Crippen LogP contribution in [0.1, 0.15) is 20.0 Å². The first-order valence-electron chi connectivity index (χ1n) is 5.06. The van der Waals surface area contributed by atoms with Crippen molar-refractivity contribution in [1.82, 2.24) is 0 Å². The monoisotopic (exact) mass is 359 g/mol. The van der Waals surface area contributed by atoms with Crippen molar-refractivity contribution in [3.05, 3.63) is 49.6 Å². The van der Waals surface area contributed by atoms with Gasteiger partial charge in [0.15, 0.2) is 0 Å². The van der Waals surface area contributed by atoms with Gasteiger partial charge in [-0.1, -0.05) is 27.5 Å². The average Bonchev–Trinajstić information content (AvgIpc) is 2.75. The maximum absolute atomic E-state index is 11.9. The number of halogens is 2. The summed E-state index contributed by atoms with van der Waals surface area (Å²) >= 11 is 10.1. The molecule has 1 heterocycles. The third-order valence-electron chi connectivity index (χ3n) is 2.20. The molecule has 0 unspecified atom stereocenters. The van der Waals surface area contributed by atoms with E-state index in [1.807, 2.05) is 0 Å². The lowest BCUT2D eigenvalue weighted by molar-refractivity contribution is 0.0696. The van der Waals surface area contributed by atoms with Gasteiger partial charge < -0.3 is 10.4 Å². The zero-order valence-corrected chi connectivity index (χ0v) is 12.5. The van der Waals surface area contributed by atoms with Crippen molar-refractivity contribution in [1.29, 1.82) is 0 Å². The van der Waals surface area contributed by atoms with Crippen molar-refractivity contribution in [3.8, 4) is 0 Å². The molecule has 0 spiro atoms. The molecule has 0 radical (unpaired) electrons. The second-order valence-corrected chi connectivity index (χ2v) is 6.22. The van der Waals surface area contributed by atoms with Gasteiger partial charge in [-0.15, -0.1) is 11.3 Å². The lowest BCUT2D eigenvalue weighted by Gasteiger charge is -2.05. The molecular weight excluding hydrogens is 354 g/mol. The van der Waals surface area contributed by atoms with Gasteiger partial charge in [0.25, 0.3) is 5.91 Å². The Morgan fingerprint density at radius 3 is 2.58 bits per heavy atom. The van der Waals surface area contributed by atoms with Crippen LogP contribution >= 0.6 is 38.9 Å². The van der Waals surface area contributed by atoms with Crippen LogP contribution in [0.15, 0.2) is 34.8 Å². The van der Waals surface area contributed by atoms with E-state index >= 15 is 0 Å². The first kappa shape index (κ1) is 14.0. The van der Waals surface area contributed by atoms with E-state index in [4.69, 9.17) is 16.7 Å². The highest BCUT2D eigenvalue weighted by Gasteiger charge is 2.11. The van der Waals surface area contributed by atoms with Crippen molar-refractivity contribution < 1.29 is 14.7 Å². The van der Waals surface area contributed by atoms with Crippen molar-refractivity contribution in [2.24, 2.45) is 0 Å². The number of hydrogen-bond acceptors (Lipinski definition) is 3. The minimum absolute atomic E-state index is 0.0916. The summed E-state index contributed by atoms with van der Waals surface area (Å²) in [7, 11) is 0. The fourth-order valence-electron chi connectivity index (χ4n) is 1.41. The van der Waals surface area contributed by atoms with Crippen LogP contribution < -0.4 is 5.32 Å². The first-order chi connectivity index (χ1) is 8.95. The quantitative estimate of drug-likeness (QED) is 0.865. The summed E-state index contributed by atoms with van der Waals surface area (Å²) in [6.45, 7) is 0. The largest absolute Gasteiger partial charge is 0.478 e. The topological polar surface area (TPSA) is 66.4 Å². The van der Waals surface area contributed by atoms with E-state index in [0.717, 1.165) is 11.3 Å². The zero-order valence-electron chi connectivity index (χ0n) is 9.31. The minimum Gasteiger partial charge on any atom is -0.478 e. The molecule has 0 fully saturated rings. The van der Waals surface area contributed by atoms with Gasteiger partial charge in [-0.3, -0.25) is 4.79 Å². The number of nitrogens with one attached hydrogen (secondary N) is 1. The highest BCUT2D eigenvalue weighted by molar-refractivity contribution is 9.10. The molecule has 2 N–H and O–H groups in total. The molecule has 4 nitrogen and oxygen atoms in total. The molecule has 0 aliphatic rings. The Hall–Kier alpha value is -1.37. The molecule has 2 aromatic rings. The van der Waals surface area contributed by atoms with Crippen LogP contribution in [0.4, 0.5) is 5.69 Å². The van der Waals surface area contributed by atoms with Gasteiger partial charge in [-0.25, -0.2) is 4.79 Å². The summed E-state index contributed by atoms with van der Waals surface area (Å²) in [6, 6.07) is 7.71. The second kappa shape index (κ2) is 5.73. The summed E-state index contributed by atoms with van der Waals surface area (Å²) in [5.74, 6) is -1.39. The van der Waals surface area contributed by atoms with Crippen molar-refractivity contribution >= 4 is 56.4 Å². The number of anilines is 1. The number of carbonyl (C=O) groups excluding carboxylic acids is 1. The predicted octanol–water partition coefficient (Wildman–Crippen LogP) is 4.11. The van der Waals surface area contributed by atoms with E-state index in [0.29, 0.717) is 19.4 Å². The lowest BCUT2D eigenvalue weighted by atomic mass is 10.2. The number of carboxylic acid groups (broad SMARTS) is 1. The molecule has 98 valence electrons. The maximum Gasteiger partial charge on any atom is 0.335 e. The number of hydrogen-bond donors (Lipinski definition) is 2. The summed E-state index contributed by atoms with van der Waals surface area (Å²) in [6.07, 6.45) is 0. The Bertz CT molecular complexity index is 656. The van der Waals surface area contributed by atoms with E-state index in [1.165, 1.54) is 12.1 Å². The van der Waals surface area contributed by atoms with Crippen LogP contribution in [0, 0.1) is 0 Å². The first-order valence-corrected chi connectivity index (χ1v) is 7.05. The fourth-order valence-corrected chi connectivity index (χ4v) is 2.85. The third-order valence-corrected chi connectivity index (χ3v) is 3.89. The van der Waals surface area contributed by atoms with Crippen molar-refractivity contribution in [2.75, 3.05) is 5.32 Å².